The molecule has 2 aromatic heterocycles. The smallest absolute Gasteiger partial charge is 0.224 e. The molecule has 0 unspecified atom stereocenters. The number of nitrogens with zero attached hydrogens (tertiary/aromatic N) is 3. The summed E-state index contributed by atoms with van der Waals surface area (Å²) in [5, 5.41) is 3.94. The molecule has 3 aromatic rings. The minimum Gasteiger partial charge on any atom is -0.438 e. The number of ether oxygens (including phenoxy) is 1. The van der Waals surface area contributed by atoms with Gasteiger partial charge in [0.2, 0.25) is 5.88 Å². The molecular weight excluding hydrogens is 252 g/mol. The van der Waals surface area contributed by atoms with Crippen molar-refractivity contribution < 1.29 is 4.74 Å². The maximum atomic E-state index is 5.88. The first-order valence-electron chi connectivity index (χ1n) is 6.31. The Morgan fingerprint density at radius 2 is 2.00 bits per heavy atom. The Morgan fingerprint density at radius 1 is 1.10 bits per heavy atom. The molecule has 0 saturated heterocycles. The van der Waals surface area contributed by atoms with Gasteiger partial charge in [-0.05, 0) is 31.2 Å². The van der Waals surface area contributed by atoms with Crippen LogP contribution in [0, 0.1) is 6.92 Å². The van der Waals surface area contributed by atoms with Gasteiger partial charge in [0.1, 0.15) is 17.4 Å². The van der Waals surface area contributed by atoms with E-state index >= 15 is 0 Å². The molecule has 0 fully saturated rings. The number of pyridine rings is 1. The molecule has 3 rings (SSSR count). The van der Waals surface area contributed by atoms with Crippen molar-refractivity contribution in [3.63, 3.8) is 0 Å². The Bertz CT molecular complexity index is 752. The fourth-order valence-corrected chi connectivity index (χ4v) is 2.00. The second-order valence-corrected chi connectivity index (χ2v) is 4.32. The fraction of sp³-hybridized carbons (Fsp3) is 0.133. The number of anilines is 1. The third-order valence-electron chi connectivity index (χ3n) is 2.89. The molecule has 1 aromatic carbocycles. The lowest BCUT2D eigenvalue weighted by Crippen LogP contribution is -1.98. The molecule has 0 spiro atoms. The van der Waals surface area contributed by atoms with E-state index in [0.29, 0.717) is 11.7 Å². The van der Waals surface area contributed by atoms with Gasteiger partial charge in [0, 0.05) is 24.7 Å². The third-order valence-corrected chi connectivity index (χ3v) is 2.89. The van der Waals surface area contributed by atoms with Crippen LogP contribution in [0.2, 0.25) is 0 Å². The molecule has 0 atom stereocenters. The zero-order valence-corrected chi connectivity index (χ0v) is 11.3. The first kappa shape index (κ1) is 12.3. The molecule has 0 aliphatic carbocycles. The molecule has 0 bridgehead atoms. The number of aryl methyl sites for hydroxylation is 1. The SMILES string of the molecule is CNc1cc(Oc2cccc3ncccc23)nc(C)n1. The van der Waals surface area contributed by atoms with Crippen LogP contribution in [-0.4, -0.2) is 22.0 Å². The number of hydrogen-bond acceptors (Lipinski definition) is 5. The van der Waals surface area contributed by atoms with Crippen LogP contribution in [0.5, 0.6) is 11.6 Å². The Labute approximate surface area is 116 Å². The topological polar surface area (TPSA) is 59.9 Å². The van der Waals surface area contributed by atoms with E-state index in [4.69, 9.17) is 4.74 Å². The van der Waals surface area contributed by atoms with Crippen molar-refractivity contribution in [2.24, 2.45) is 0 Å². The molecular formula is C15H14N4O. The van der Waals surface area contributed by atoms with Crippen molar-refractivity contribution in [3.8, 4) is 11.6 Å². The maximum absolute atomic E-state index is 5.88. The van der Waals surface area contributed by atoms with E-state index in [1.54, 1.807) is 12.3 Å². The molecule has 0 radical (unpaired) electrons. The third kappa shape index (κ3) is 2.38. The number of rotatable bonds is 3. The van der Waals surface area contributed by atoms with Crippen molar-refractivity contribution in [2.45, 2.75) is 6.92 Å². The quantitative estimate of drug-likeness (QED) is 0.789. The second-order valence-electron chi connectivity index (χ2n) is 4.32. The largest absolute Gasteiger partial charge is 0.438 e. The Hall–Kier alpha value is -2.69. The van der Waals surface area contributed by atoms with E-state index in [9.17, 15) is 0 Å². The van der Waals surface area contributed by atoms with Crippen molar-refractivity contribution in [1.29, 1.82) is 0 Å². The highest BCUT2D eigenvalue weighted by atomic mass is 16.5. The van der Waals surface area contributed by atoms with Crippen LogP contribution in [0.4, 0.5) is 5.82 Å². The van der Waals surface area contributed by atoms with E-state index in [1.807, 2.05) is 44.3 Å². The summed E-state index contributed by atoms with van der Waals surface area (Å²) in [5.41, 5.74) is 0.893. The Kier molecular flexibility index (Phi) is 3.16. The van der Waals surface area contributed by atoms with Crippen LogP contribution in [-0.2, 0) is 0 Å². The molecule has 0 aliphatic rings. The Balaban J connectivity index is 2.03. The lowest BCUT2D eigenvalue weighted by molar-refractivity contribution is 0.465. The van der Waals surface area contributed by atoms with Crippen LogP contribution in [0.25, 0.3) is 10.9 Å². The fourth-order valence-electron chi connectivity index (χ4n) is 2.00. The monoisotopic (exact) mass is 266 g/mol. The lowest BCUT2D eigenvalue weighted by atomic mass is 10.2. The van der Waals surface area contributed by atoms with Crippen molar-refractivity contribution in [3.05, 3.63) is 48.4 Å². The molecule has 1 N–H and O–H groups in total. The van der Waals surface area contributed by atoms with Gasteiger partial charge in [0.05, 0.1) is 5.52 Å². The van der Waals surface area contributed by atoms with Gasteiger partial charge < -0.3 is 10.1 Å². The molecule has 0 saturated carbocycles. The van der Waals surface area contributed by atoms with E-state index in [1.165, 1.54) is 0 Å². The van der Waals surface area contributed by atoms with E-state index in [-0.39, 0.29) is 0 Å². The van der Waals surface area contributed by atoms with Crippen LogP contribution < -0.4 is 10.1 Å². The van der Waals surface area contributed by atoms with Gasteiger partial charge in [-0.1, -0.05) is 6.07 Å². The van der Waals surface area contributed by atoms with Gasteiger partial charge in [-0.2, -0.15) is 4.98 Å². The standard InChI is InChI=1S/C15H14N4O/c1-10-18-14(16-2)9-15(19-10)20-13-7-3-6-12-11(13)5-4-8-17-12/h3-9H,1-2H3,(H,16,18,19). The summed E-state index contributed by atoms with van der Waals surface area (Å²) in [5.74, 6) is 2.63. The highest BCUT2D eigenvalue weighted by Crippen LogP contribution is 2.28. The number of nitrogens with one attached hydrogen (secondary N) is 1. The average molecular weight is 266 g/mol. The summed E-state index contributed by atoms with van der Waals surface area (Å²) < 4.78 is 5.88. The van der Waals surface area contributed by atoms with Gasteiger partial charge in [-0.25, -0.2) is 4.98 Å². The summed E-state index contributed by atoms with van der Waals surface area (Å²) in [4.78, 5) is 12.8. The molecule has 20 heavy (non-hydrogen) atoms. The summed E-state index contributed by atoms with van der Waals surface area (Å²) in [6, 6.07) is 11.4. The molecule has 0 aliphatic heterocycles. The lowest BCUT2D eigenvalue weighted by Gasteiger charge is -2.09. The first-order chi connectivity index (χ1) is 9.76. The first-order valence-corrected chi connectivity index (χ1v) is 6.31. The summed E-state index contributed by atoms with van der Waals surface area (Å²) in [6.07, 6.45) is 1.76. The number of benzene rings is 1. The van der Waals surface area contributed by atoms with Gasteiger partial charge in [-0.15, -0.1) is 0 Å². The van der Waals surface area contributed by atoms with Crippen LogP contribution in [0.3, 0.4) is 0 Å². The van der Waals surface area contributed by atoms with Crippen molar-refractivity contribution in [2.75, 3.05) is 12.4 Å². The molecule has 5 nitrogen and oxygen atoms in total. The second kappa shape index (κ2) is 5.13. The van der Waals surface area contributed by atoms with E-state index in [2.05, 4.69) is 20.3 Å². The zero-order valence-electron chi connectivity index (χ0n) is 11.3. The highest BCUT2D eigenvalue weighted by molar-refractivity contribution is 5.85. The molecule has 5 heteroatoms. The normalized spacial score (nSPS) is 10.5. The van der Waals surface area contributed by atoms with Gasteiger partial charge in [0.15, 0.2) is 0 Å². The number of aromatic nitrogens is 3. The van der Waals surface area contributed by atoms with E-state index < -0.39 is 0 Å². The van der Waals surface area contributed by atoms with Gasteiger partial charge in [0.25, 0.3) is 0 Å². The minimum atomic E-state index is 0.512. The summed E-state index contributed by atoms with van der Waals surface area (Å²) in [7, 11) is 1.81. The molecule has 0 amide bonds. The van der Waals surface area contributed by atoms with Crippen LogP contribution in [0.1, 0.15) is 5.82 Å². The zero-order chi connectivity index (χ0) is 13.9. The van der Waals surface area contributed by atoms with Crippen molar-refractivity contribution in [1.82, 2.24) is 15.0 Å². The number of fused-ring (bicyclic) bond motifs is 1. The van der Waals surface area contributed by atoms with Crippen LogP contribution in [0.15, 0.2) is 42.6 Å². The van der Waals surface area contributed by atoms with E-state index in [0.717, 1.165) is 22.5 Å². The predicted octanol–water partition coefficient (Wildman–Crippen LogP) is 3.17. The van der Waals surface area contributed by atoms with Gasteiger partial charge in [-0.3, -0.25) is 4.98 Å². The predicted molar refractivity (Wildman–Crippen MR) is 78.1 cm³/mol. The molecule has 2 heterocycles. The Morgan fingerprint density at radius 3 is 2.85 bits per heavy atom. The van der Waals surface area contributed by atoms with Crippen molar-refractivity contribution >= 4 is 16.7 Å². The molecule has 100 valence electrons. The maximum Gasteiger partial charge on any atom is 0.224 e. The summed E-state index contributed by atoms with van der Waals surface area (Å²) in [6.45, 7) is 1.83. The van der Waals surface area contributed by atoms with Gasteiger partial charge >= 0.3 is 0 Å². The number of hydrogen-bond donors (Lipinski definition) is 1. The summed E-state index contributed by atoms with van der Waals surface area (Å²) >= 11 is 0. The highest BCUT2D eigenvalue weighted by Gasteiger charge is 2.06. The van der Waals surface area contributed by atoms with Crippen LogP contribution >= 0.6 is 0 Å². The average Bonchev–Trinajstić information content (AvgIpc) is 2.47. The minimum absolute atomic E-state index is 0.512.